The number of hydrogen-bond donors (Lipinski definition) is 2. The summed E-state index contributed by atoms with van der Waals surface area (Å²) in [7, 11) is 0. The van der Waals surface area contributed by atoms with Crippen LogP contribution < -0.4 is 10.6 Å². The lowest BCUT2D eigenvalue weighted by Gasteiger charge is -2.42. The molecule has 1 aliphatic heterocycles. The molecule has 1 saturated carbocycles. The first-order valence-corrected chi connectivity index (χ1v) is 15.1. The zero-order chi connectivity index (χ0) is 32.9. The third-order valence-electron chi connectivity index (χ3n) is 8.62. The minimum atomic E-state index is -4.85. The van der Waals surface area contributed by atoms with Gasteiger partial charge in [-0.3, -0.25) is 19.8 Å². The van der Waals surface area contributed by atoms with Gasteiger partial charge in [-0.1, -0.05) is 12.1 Å². The van der Waals surface area contributed by atoms with E-state index in [-0.39, 0.29) is 22.6 Å². The average molecular weight is 630 g/mol. The van der Waals surface area contributed by atoms with E-state index in [4.69, 9.17) is 4.42 Å². The van der Waals surface area contributed by atoms with Gasteiger partial charge in [-0.25, -0.2) is 4.39 Å². The van der Waals surface area contributed by atoms with Gasteiger partial charge in [-0.05, 0) is 77.3 Å². The van der Waals surface area contributed by atoms with Crippen LogP contribution in [0.2, 0.25) is 0 Å². The molecule has 2 amide bonds. The molecule has 1 unspecified atom stereocenters. The maximum Gasteiger partial charge on any atom is 0.407 e. The van der Waals surface area contributed by atoms with Crippen LogP contribution >= 0.6 is 0 Å². The van der Waals surface area contributed by atoms with Crippen molar-refractivity contribution in [2.24, 2.45) is 0 Å². The van der Waals surface area contributed by atoms with E-state index in [1.165, 1.54) is 32.0 Å². The molecule has 2 N–H and O–H groups in total. The van der Waals surface area contributed by atoms with Crippen molar-refractivity contribution in [3.8, 4) is 6.07 Å². The van der Waals surface area contributed by atoms with Crippen LogP contribution in [-0.2, 0) is 4.79 Å². The monoisotopic (exact) mass is 629 g/mol. The van der Waals surface area contributed by atoms with Crippen molar-refractivity contribution < 1.29 is 31.6 Å². The predicted molar refractivity (Wildman–Crippen MR) is 162 cm³/mol. The number of nitrogens with one attached hydrogen (secondary N) is 2. The van der Waals surface area contributed by atoms with Gasteiger partial charge >= 0.3 is 6.18 Å². The Hall–Kier alpha value is -3.69. The number of fused-ring (bicyclic) bond motifs is 3. The standard InChI is InChI=1S/C33H39F4N5O3/c1-30(2,3)42-14-12-41(13-15-42)29(44)21-7-9-25-23(16-21)22-8-6-20(17-26(22)45-25)27(33(35,36)37)39-24(18-31(4,5)34)28(43)40-32(19-38)10-11-32/h6-9,16-17,24,27,39H,10-15,18H2,1-5H3,(H,40,43)/t24?,27-/m0/s1. The number of rotatable bonds is 8. The molecule has 2 fully saturated rings. The number of amides is 2. The number of nitrogens with zero attached hydrogens (tertiary/aromatic N) is 3. The Kier molecular flexibility index (Phi) is 8.42. The van der Waals surface area contributed by atoms with E-state index in [2.05, 4.69) is 36.3 Å². The van der Waals surface area contributed by atoms with Gasteiger partial charge in [0.15, 0.2) is 0 Å². The maximum absolute atomic E-state index is 14.7. The summed E-state index contributed by atoms with van der Waals surface area (Å²) in [6.07, 6.45) is -4.62. The fourth-order valence-electron chi connectivity index (χ4n) is 5.88. The molecule has 1 aromatic heterocycles. The van der Waals surface area contributed by atoms with Crippen molar-refractivity contribution in [2.45, 2.75) is 88.9 Å². The first-order valence-electron chi connectivity index (χ1n) is 15.1. The van der Waals surface area contributed by atoms with Crippen molar-refractivity contribution in [3.63, 3.8) is 0 Å². The quantitative estimate of drug-likeness (QED) is 0.296. The van der Waals surface area contributed by atoms with Crippen LogP contribution in [0.25, 0.3) is 21.9 Å². The largest absolute Gasteiger partial charge is 0.456 e. The Balaban J connectivity index is 1.41. The number of furan rings is 1. The fourth-order valence-corrected chi connectivity index (χ4v) is 5.88. The molecular weight excluding hydrogens is 590 g/mol. The molecule has 8 nitrogen and oxygen atoms in total. The molecule has 0 radical (unpaired) electrons. The molecule has 2 atom stereocenters. The third-order valence-corrected chi connectivity index (χ3v) is 8.62. The highest BCUT2D eigenvalue weighted by Crippen LogP contribution is 2.39. The van der Waals surface area contributed by atoms with Crippen molar-refractivity contribution >= 4 is 33.8 Å². The van der Waals surface area contributed by atoms with Crippen molar-refractivity contribution in [1.82, 2.24) is 20.4 Å². The molecule has 2 aliphatic rings. The maximum atomic E-state index is 14.7. The van der Waals surface area contributed by atoms with Crippen molar-refractivity contribution in [3.05, 3.63) is 47.5 Å². The molecular formula is C33H39F4N5O3. The van der Waals surface area contributed by atoms with Crippen LogP contribution in [0.1, 0.15) is 75.8 Å². The normalized spacial score (nSPS) is 18.9. The van der Waals surface area contributed by atoms with Crippen LogP contribution in [0.3, 0.4) is 0 Å². The van der Waals surface area contributed by atoms with Gasteiger partial charge < -0.3 is 14.6 Å². The van der Waals surface area contributed by atoms with Gasteiger partial charge in [0.2, 0.25) is 5.91 Å². The predicted octanol–water partition coefficient (Wildman–Crippen LogP) is 6.01. The minimum Gasteiger partial charge on any atom is -0.456 e. The summed E-state index contributed by atoms with van der Waals surface area (Å²) in [6, 6.07) is 7.11. The number of alkyl halides is 4. The second-order valence-electron chi connectivity index (χ2n) is 13.8. The van der Waals surface area contributed by atoms with Gasteiger partial charge in [0.1, 0.15) is 28.4 Å². The second kappa shape index (κ2) is 11.6. The first kappa shape index (κ1) is 32.7. The lowest BCUT2D eigenvalue weighted by atomic mass is 9.96. The Labute approximate surface area is 259 Å². The summed E-state index contributed by atoms with van der Waals surface area (Å²) in [5, 5.41) is 15.3. The number of nitriles is 1. The topological polar surface area (TPSA) is 102 Å². The molecule has 12 heteroatoms. The average Bonchev–Trinajstić information content (AvgIpc) is 3.63. The molecule has 0 bridgehead atoms. The summed E-state index contributed by atoms with van der Waals surface area (Å²) in [4.78, 5) is 30.5. The summed E-state index contributed by atoms with van der Waals surface area (Å²) in [5.41, 5.74) is -2.26. The molecule has 2 aromatic carbocycles. The zero-order valence-corrected chi connectivity index (χ0v) is 26.1. The van der Waals surface area contributed by atoms with Crippen molar-refractivity contribution in [1.29, 1.82) is 5.26 Å². The van der Waals surface area contributed by atoms with E-state index < -0.39 is 41.8 Å². The Morgan fingerprint density at radius 1 is 0.956 bits per heavy atom. The van der Waals surface area contributed by atoms with E-state index in [0.29, 0.717) is 47.9 Å². The highest BCUT2D eigenvalue weighted by Gasteiger charge is 2.48. The lowest BCUT2D eigenvalue weighted by molar-refractivity contribution is -0.161. The van der Waals surface area contributed by atoms with E-state index in [9.17, 15) is 32.4 Å². The fraction of sp³-hybridized carbons (Fsp3) is 0.545. The third kappa shape index (κ3) is 7.25. The number of carbonyl (C=O) groups is 2. The number of hydrogen-bond acceptors (Lipinski definition) is 6. The van der Waals surface area contributed by atoms with Crippen LogP contribution in [0.5, 0.6) is 0 Å². The number of piperazine rings is 1. The Morgan fingerprint density at radius 3 is 2.18 bits per heavy atom. The second-order valence-corrected chi connectivity index (χ2v) is 13.8. The summed E-state index contributed by atoms with van der Waals surface area (Å²) >= 11 is 0. The molecule has 1 aliphatic carbocycles. The Bertz CT molecular complexity index is 1630. The first-order chi connectivity index (χ1) is 20.9. The molecule has 2 heterocycles. The molecule has 0 spiro atoms. The van der Waals surface area contributed by atoms with E-state index in [0.717, 1.165) is 13.1 Å². The van der Waals surface area contributed by atoms with Crippen LogP contribution in [0.4, 0.5) is 17.6 Å². The lowest BCUT2D eigenvalue weighted by Crippen LogP contribution is -2.54. The number of carbonyl (C=O) groups excluding carboxylic acids is 2. The van der Waals surface area contributed by atoms with E-state index in [1.807, 2.05) is 6.07 Å². The van der Waals surface area contributed by atoms with Gasteiger partial charge in [-0.2, -0.15) is 18.4 Å². The van der Waals surface area contributed by atoms with Crippen LogP contribution in [-0.4, -0.2) is 76.8 Å². The molecule has 45 heavy (non-hydrogen) atoms. The summed E-state index contributed by atoms with van der Waals surface area (Å²) < 4.78 is 64.0. The summed E-state index contributed by atoms with van der Waals surface area (Å²) in [5.74, 6) is -0.988. The van der Waals surface area contributed by atoms with Crippen molar-refractivity contribution in [2.75, 3.05) is 26.2 Å². The SMILES string of the molecule is CC(C)(F)CC(N[C@@H](c1ccc2c(c1)oc1ccc(C(=O)N3CCN(C(C)(C)C)CC3)cc12)C(F)(F)F)C(=O)NC1(C#N)CC1. The molecule has 242 valence electrons. The number of benzene rings is 2. The molecule has 1 saturated heterocycles. The summed E-state index contributed by atoms with van der Waals surface area (Å²) in [6.45, 7) is 11.5. The van der Waals surface area contributed by atoms with Gasteiger partial charge in [-0.15, -0.1) is 0 Å². The van der Waals surface area contributed by atoms with Gasteiger partial charge in [0.25, 0.3) is 5.91 Å². The molecule has 5 rings (SSSR count). The minimum absolute atomic E-state index is 0.0112. The van der Waals surface area contributed by atoms with E-state index >= 15 is 0 Å². The van der Waals surface area contributed by atoms with Gasteiger partial charge in [0, 0.05) is 54.5 Å². The zero-order valence-electron chi connectivity index (χ0n) is 26.1. The molecule has 3 aromatic rings. The van der Waals surface area contributed by atoms with Crippen LogP contribution in [0, 0.1) is 11.3 Å². The highest BCUT2D eigenvalue weighted by atomic mass is 19.4. The van der Waals surface area contributed by atoms with E-state index in [1.54, 1.807) is 23.1 Å². The Morgan fingerprint density at radius 2 is 1.62 bits per heavy atom. The number of halogens is 4. The van der Waals surface area contributed by atoms with Crippen LogP contribution in [0.15, 0.2) is 40.8 Å². The van der Waals surface area contributed by atoms with Gasteiger partial charge in [0.05, 0.1) is 12.1 Å². The highest BCUT2D eigenvalue weighted by molar-refractivity contribution is 6.08. The smallest absolute Gasteiger partial charge is 0.407 e.